The van der Waals surface area contributed by atoms with Crippen LogP contribution in [0.3, 0.4) is 0 Å². The van der Waals surface area contributed by atoms with E-state index in [0.717, 1.165) is 16.9 Å². The van der Waals surface area contributed by atoms with Crippen molar-refractivity contribution < 1.29 is 9.59 Å². The lowest BCUT2D eigenvalue weighted by atomic mass is 10.1. The SMILES string of the molecule is CSCCC(NC(=O)c1cccc(C)c1)C(=O)NCc1cccnc1. The number of carbonyl (C=O) groups excluding carboxylic acids is 2. The van der Waals surface area contributed by atoms with E-state index >= 15 is 0 Å². The summed E-state index contributed by atoms with van der Waals surface area (Å²) in [7, 11) is 0. The molecule has 0 aliphatic rings. The number of pyridine rings is 1. The highest BCUT2D eigenvalue weighted by atomic mass is 32.2. The van der Waals surface area contributed by atoms with Crippen molar-refractivity contribution in [2.45, 2.75) is 25.9 Å². The van der Waals surface area contributed by atoms with E-state index in [1.54, 1.807) is 30.2 Å². The minimum absolute atomic E-state index is 0.182. The summed E-state index contributed by atoms with van der Waals surface area (Å²) in [6.07, 6.45) is 5.96. The largest absolute Gasteiger partial charge is 0.350 e. The molecular weight excluding hydrogens is 334 g/mol. The monoisotopic (exact) mass is 357 g/mol. The molecule has 0 aliphatic carbocycles. The van der Waals surface area contributed by atoms with Crippen LogP contribution in [0.4, 0.5) is 0 Å². The lowest BCUT2D eigenvalue weighted by molar-refractivity contribution is -0.123. The van der Waals surface area contributed by atoms with Gasteiger partial charge in [-0.05, 0) is 49.1 Å². The summed E-state index contributed by atoms with van der Waals surface area (Å²) in [5.74, 6) is 0.379. The van der Waals surface area contributed by atoms with Gasteiger partial charge in [-0.1, -0.05) is 23.8 Å². The van der Waals surface area contributed by atoms with Crippen molar-refractivity contribution in [3.05, 3.63) is 65.5 Å². The number of nitrogens with one attached hydrogen (secondary N) is 2. The molecule has 5 nitrogen and oxygen atoms in total. The van der Waals surface area contributed by atoms with Gasteiger partial charge in [-0.15, -0.1) is 0 Å². The van der Waals surface area contributed by atoms with E-state index in [0.29, 0.717) is 18.5 Å². The Labute approximate surface area is 152 Å². The van der Waals surface area contributed by atoms with Gasteiger partial charge in [0.15, 0.2) is 0 Å². The summed E-state index contributed by atoms with van der Waals surface area (Å²) in [5, 5.41) is 5.72. The van der Waals surface area contributed by atoms with Gasteiger partial charge in [0.25, 0.3) is 5.91 Å². The Kier molecular flexibility index (Phi) is 7.47. The van der Waals surface area contributed by atoms with E-state index < -0.39 is 6.04 Å². The van der Waals surface area contributed by atoms with Crippen LogP contribution in [0.1, 0.15) is 27.9 Å². The highest BCUT2D eigenvalue weighted by Crippen LogP contribution is 2.07. The first kappa shape index (κ1) is 19.0. The molecule has 2 N–H and O–H groups in total. The fourth-order valence-electron chi connectivity index (χ4n) is 2.35. The molecule has 6 heteroatoms. The number of hydrogen-bond donors (Lipinski definition) is 2. The zero-order chi connectivity index (χ0) is 18.1. The predicted molar refractivity (Wildman–Crippen MR) is 102 cm³/mol. The summed E-state index contributed by atoms with van der Waals surface area (Å²) in [4.78, 5) is 29.0. The molecule has 0 bridgehead atoms. The van der Waals surface area contributed by atoms with E-state index in [4.69, 9.17) is 0 Å². The lowest BCUT2D eigenvalue weighted by Crippen LogP contribution is -2.46. The normalized spacial score (nSPS) is 11.6. The highest BCUT2D eigenvalue weighted by Gasteiger charge is 2.21. The standard InChI is InChI=1S/C19H23N3O2S/c1-14-5-3-7-16(11-14)18(23)22-17(8-10-25-2)19(24)21-13-15-6-4-9-20-12-15/h3-7,9,11-12,17H,8,10,13H2,1-2H3,(H,21,24)(H,22,23). The van der Waals surface area contributed by atoms with E-state index in [2.05, 4.69) is 15.6 Å². The predicted octanol–water partition coefficient (Wildman–Crippen LogP) is 2.56. The molecule has 0 aliphatic heterocycles. The Balaban J connectivity index is 1.99. The molecule has 0 saturated heterocycles. The van der Waals surface area contributed by atoms with Crippen molar-refractivity contribution >= 4 is 23.6 Å². The highest BCUT2D eigenvalue weighted by molar-refractivity contribution is 7.98. The van der Waals surface area contributed by atoms with Crippen molar-refractivity contribution in [3.63, 3.8) is 0 Å². The molecule has 2 rings (SSSR count). The molecule has 1 atom stereocenters. The smallest absolute Gasteiger partial charge is 0.251 e. The Morgan fingerprint density at radius 2 is 2.08 bits per heavy atom. The number of nitrogens with zero attached hydrogens (tertiary/aromatic N) is 1. The molecular formula is C19H23N3O2S. The summed E-state index contributed by atoms with van der Waals surface area (Å²) in [6, 6.07) is 10.5. The summed E-state index contributed by atoms with van der Waals surface area (Å²) >= 11 is 1.65. The van der Waals surface area contributed by atoms with Crippen LogP contribution in [0.15, 0.2) is 48.8 Å². The average molecular weight is 357 g/mol. The van der Waals surface area contributed by atoms with Gasteiger partial charge < -0.3 is 10.6 Å². The third-order valence-corrected chi connectivity index (χ3v) is 4.35. The lowest BCUT2D eigenvalue weighted by Gasteiger charge is -2.18. The molecule has 0 radical (unpaired) electrons. The molecule has 2 aromatic rings. The maximum absolute atomic E-state index is 12.5. The Hall–Kier alpha value is -2.34. The van der Waals surface area contributed by atoms with E-state index in [1.807, 2.05) is 43.5 Å². The third kappa shape index (κ3) is 6.23. The maximum atomic E-state index is 12.5. The summed E-state index contributed by atoms with van der Waals surface area (Å²) in [5.41, 5.74) is 2.49. The third-order valence-electron chi connectivity index (χ3n) is 3.70. The molecule has 1 heterocycles. The Morgan fingerprint density at radius 1 is 1.24 bits per heavy atom. The van der Waals surface area contributed by atoms with Crippen LogP contribution >= 0.6 is 11.8 Å². The van der Waals surface area contributed by atoms with Crippen molar-refractivity contribution in [2.75, 3.05) is 12.0 Å². The second kappa shape index (κ2) is 9.84. The molecule has 0 spiro atoms. The molecule has 1 aromatic heterocycles. The first-order valence-electron chi connectivity index (χ1n) is 8.13. The zero-order valence-electron chi connectivity index (χ0n) is 14.5. The number of aromatic nitrogens is 1. The second-order valence-corrected chi connectivity index (χ2v) is 6.74. The number of carbonyl (C=O) groups is 2. The average Bonchev–Trinajstić information content (AvgIpc) is 2.63. The van der Waals surface area contributed by atoms with Crippen LogP contribution in [0.2, 0.25) is 0 Å². The van der Waals surface area contributed by atoms with Gasteiger partial charge in [-0.25, -0.2) is 0 Å². The molecule has 132 valence electrons. The molecule has 0 saturated carbocycles. The fraction of sp³-hybridized carbons (Fsp3) is 0.316. The quantitative estimate of drug-likeness (QED) is 0.762. The van der Waals surface area contributed by atoms with Crippen molar-refractivity contribution in [3.8, 4) is 0 Å². The zero-order valence-corrected chi connectivity index (χ0v) is 15.3. The van der Waals surface area contributed by atoms with Crippen molar-refractivity contribution in [2.24, 2.45) is 0 Å². The van der Waals surface area contributed by atoms with Crippen molar-refractivity contribution in [1.29, 1.82) is 0 Å². The Morgan fingerprint density at radius 3 is 2.76 bits per heavy atom. The van der Waals surface area contributed by atoms with Crippen LogP contribution in [0.5, 0.6) is 0 Å². The number of rotatable bonds is 8. The fourth-order valence-corrected chi connectivity index (χ4v) is 2.82. The van der Waals surface area contributed by atoms with Crippen LogP contribution in [0.25, 0.3) is 0 Å². The van der Waals surface area contributed by atoms with Gasteiger partial charge >= 0.3 is 0 Å². The molecule has 1 unspecified atom stereocenters. The van der Waals surface area contributed by atoms with E-state index in [-0.39, 0.29) is 11.8 Å². The van der Waals surface area contributed by atoms with E-state index in [9.17, 15) is 9.59 Å². The van der Waals surface area contributed by atoms with E-state index in [1.165, 1.54) is 0 Å². The Bertz CT molecular complexity index is 707. The number of amides is 2. The van der Waals surface area contributed by atoms with Gasteiger partial charge in [0, 0.05) is 24.5 Å². The maximum Gasteiger partial charge on any atom is 0.251 e. The summed E-state index contributed by atoms with van der Waals surface area (Å²) in [6.45, 7) is 2.32. The number of aryl methyl sites for hydroxylation is 1. The van der Waals surface area contributed by atoms with Crippen LogP contribution in [-0.2, 0) is 11.3 Å². The first-order chi connectivity index (χ1) is 12.1. The van der Waals surface area contributed by atoms with Gasteiger partial charge in [0.05, 0.1) is 0 Å². The molecule has 25 heavy (non-hydrogen) atoms. The molecule has 2 amide bonds. The van der Waals surface area contributed by atoms with Gasteiger partial charge in [0.2, 0.25) is 5.91 Å². The van der Waals surface area contributed by atoms with Crippen molar-refractivity contribution in [1.82, 2.24) is 15.6 Å². The van der Waals surface area contributed by atoms with Gasteiger partial charge in [0.1, 0.15) is 6.04 Å². The minimum Gasteiger partial charge on any atom is -0.350 e. The molecule has 0 fully saturated rings. The van der Waals surface area contributed by atoms with Crippen LogP contribution in [-0.4, -0.2) is 34.8 Å². The molecule has 1 aromatic carbocycles. The number of hydrogen-bond acceptors (Lipinski definition) is 4. The minimum atomic E-state index is -0.558. The van der Waals surface area contributed by atoms with Gasteiger partial charge in [-0.2, -0.15) is 11.8 Å². The van der Waals surface area contributed by atoms with Gasteiger partial charge in [-0.3, -0.25) is 14.6 Å². The number of thioether (sulfide) groups is 1. The topological polar surface area (TPSA) is 71.1 Å². The summed E-state index contributed by atoms with van der Waals surface area (Å²) < 4.78 is 0. The van der Waals surface area contributed by atoms with Crippen LogP contribution < -0.4 is 10.6 Å². The van der Waals surface area contributed by atoms with Crippen LogP contribution in [0, 0.1) is 6.92 Å². The second-order valence-electron chi connectivity index (χ2n) is 5.76. The first-order valence-corrected chi connectivity index (χ1v) is 9.52. The number of benzene rings is 1.